The van der Waals surface area contributed by atoms with Gasteiger partial charge in [-0.05, 0) is 67.8 Å². The van der Waals surface area contributed by atoms with E-state index in [0.717, 1.165) is 19.3 Å². The van der Waals surface area contributed by atoms with Gasteiger partial charge in [0.25, 0.3) is 11.5 Å². The standard InChI is InChI=1S/C24H22FN5O3/c25-17-6-9-21-16(11-17)12-20(23(32)26-21)22-13-30(28-27-22)18-7-4-15(5-8-18)24(33)29-10-2-1-3-19(29)14-31/h4-9,11-13,19,31H,1-3,10,14H2,(H,26,32). The van der Waals surface area contributed by atoms with Crippen molar-refractivity contribution in [3.63, 3.8) is 0 Å². The summed E-state index contributed by atoms with van der Waals surface area (Å²) in [5.41, 5.74) is 2.03. The maximum Gasteiger partial charge on any atom is 0.258 e. The first-order chi connectivity index (χ1) is 16.0. The molecule has 1 saturated heterocycles. The summed E-state index contributed by atoms with van der Waals surface area (Å²) >= 11 is 0. The van der Waals surface area contributed by atoms with Crippen LogP contribution >= 0.6 is 0 Å². The molecule has 9 heteroatoms. The third-order valence-electron chi connectivity index (χ3n) is 6.05. The topological polar surface area (TPSA) is 104 Å². The predicted octanol–water partition coefficient (Wildman–Crippen LogP) is 2.90. The molecule has 1 atom stereocenters. The maximum atomic E-state index is 13.6. The van der Waals surface area contributed by atoms with Gasteiger partial charge in [0.05, 0.1) is 30.1 Å². The van der Waals surface area contributed by atoms with Crippen molar-refractivity contribution in [2.75, 3.05) is 13.2 Å². The van der Waals surface area contributed by atoms with E-state index >= 15 is 0 Å². The molecular formula is C24H22FN5O3. The van der Waals surface area contributed by atoms with E-state index in [1.165, 1.54) is 22.9 Å². The van der Waals surface area contributed by atoms with Crippen molar-refractivity contribution in [3.8, 4) is 16.9 Å². The Balaban J connectivity index is 1.40. The second-order valence-corrected chi connectivity index (χ2v) is 8.17. The molecule has 1 unspecified atom stereocenters. The number of carbonyl (C=O) groups is 1. The van der Waals surface area contributed by atoms with Crippen molar-refractivity contribution in [1.29, 1.82) is 0 Å². The summed E-state index contributed by atoms with van der Waals surface area (Å²) < 4.78 is 15.1. The molecule has 4 aromatic rings. The highest BCUT2D eigenvalue weighted by molar-refractivity contribution is 5.94. The summed E-state index contributed by atoms with van der Waals surface area (Å²) in [6.07, 6.45) is 4.36. The van der Waals surface area contributed by atoms with Gasteiger partial charge in [-0.15, -0.1) is 5.10 Å². The Morgan fingerprint density at radius 2 is 1.97 bits per heavy atom. The molecule has 3 heterocycles. The summed E-state index contributed by atoms with van der Waals surface area (Å²) in [7, 11) is 0. The summed E-state index contributed by atoms with van der Waals surface area (Å²) in [6.45, 7) is 0.606. The molecule has 2 aromatic heterocycles. The number of pyridine rings is 1. The number of nitrogens with zero attached hydrogens (tertiary/aromatic N) is 4. The number of aromatic amines is 1. The van der Waals surface area contributed by atoms with Crippen LogP contribution in [0.25, 0.3) is 27.8 Å². The molecule has 8 nitrogen and oxygen atoms in total. The van der Waals surface area contributed by atoms with Crippen LogP contribution < -0.4 is 5.56 Å². The lowest BCUT2D eigenvalue weighted by Gasteiger charge is -2.34. The Labute approximate surface area is 188 Å². The van der Waals surface area contributed by atoms with E-state index in [1.807, 2.05) is 0 Å². The Bertz CT molecular complexity index is 1380. The van der Waals surface area contributed by atoms with E-state index in [4.69, 9.17) is 0 Å². The van der Waals surface area contributed by atoms with Crippen LogP contribution in [0.5, 0.6) is 0 Å². The number of hydrogen-bond acceptors (Lipinski definition) is 5. The van der Waals surface area contributed by atoms with E-state index in [-0.39, 0.29) is 29.7 Å². The fourth-order valence-electron chi connectivity index (χ4n) is 4.26. The quantitative estimate of drug-likeness (QED) is 0.501. The zero-order chi connectivity index (χ0) is 22.9. The van der Waals surface area contributed by atoms with Gasteiger partial charge < -0.3 is 15.0 Å². The van der Waals surface area contributed by atoms with Crippen LogP contribution in [0.2, 0.25) is 0 Å². The molecule has 168 valence electrons. The predicted molar refractivity (Wildman–Crippen MR) is 121 cm³/mol. The molecule has 0 bridgehead atoms. The van der Waals surface area contributed by atoms with Crippen molar-refractivity contribution < 1.29 is 14.3 Å². The van der Waals surface area contributed by atoms with E-state index in [2.05, 4.69) is 15.3 Å². The highest BCUT2D eigenvalue weighted by Crippen LogP contribution is 2.22. The van der Waals surface area contributed by atoms with Crippen LogP contribution in [0.4, 0.5) is 4.39 Å². The highest BCUT2D eigenvalue weighted by Gasteiger charge is 2.26. The normalized spacial score (nSPS) is 16.3. The number of aliphatic hydroxyl groups is 1. The van der Waals surface area contributed by atoms with Gasteiger partial charge in [0.15, 0.2) is 0 Å². The third kappa shape index (κ3) is 4.03. The Kier molecular flexibility index (Phi) is 5.47. The number of carbonyl (C=O) groups excluding carboxylic acids is 1. The van der Waals surface area contributed by atoms with Crippen molar-refractivity contribution in [3.05, 3.63) is 76.5 Å². The average molecular weight is 447 g/mol. The van der Waals surface area contributed by atoms with E-state index in [0.29, 0.717) is 34.4 Å². The molecule has 0 aliphatic carbocycles. The van der Waals surface area contributed by atoms with E-state index < -0.39 is 5.82 Å². The lowest BCUT2D eigenvalue weighted by Crippen LogP contribution is -2.45. The highest BCUT2D eigenvalue weighted by atomic mass is 19.1. The smallest absolute Gasteiger partial charge is 0.258 e. The molecule has 5 rings (SSSR count). The first-order valence-corrected chi connectivity index (χ1v) is 10.8. The number of H-pyrrole nitrogens is 1. The Hall–Kier alpha value is -3.85. The first kappa shape index (κ1) is 21.0. The number of nitrogens with one attached hydrogen (secondary N) is 1. The summed E-state index contributed by atoms with van der Waals surface area (Å²) in [5.74, 6) is -0.497. The monoisotopic (exact) mass is 447 g/mol. The second kappa shape index (κ2) is 8.59. The fraction of sp³-hybridized carbons (Fsp3) is 0.250. The van der Waals surface area contributed by atoms with Crippen LogP contribution in [0, 0.1) is 5.82 Å². The minimum Gasteiger partial charge on any atom is -0.394 e. The zero-order valence-corrected chi connectivity index (χ0v) is 17.7. The minimum atomic E-state index is -0.395. The molecule has 0 spiro atoms. The number of amides is 1. The lowest BCUT2D eigenvalue weighted by molar-refractivity contribution is 0.0503. The number of hydrogen-bond donors (Lipinski definition) is 2. The van der Waals surface area contributed by atoms with E-state index in [9.17, 15) is 19.1 Å². The Morgan fingerprint density at radius 3 is 2.76 bits per heavy atom. The van der Waals surface area contributed by atoms with Gasteiger partial charge in [0, 0.05) is 23.0 Å². The molecule has 0 radical (unpaired) electrons. The van der Waals surface area contributed by atoms with Gasteiger partial charge in [-0.25, -0.2) is 9.07 Å². The number of aliphatic hydroxyl groups excluding tert-OH is 1. The van der Waals surface area contributed by atoms with Gasteiger partial charge in [-0.2, -0.15) is 0 Å². The summed E-state index contributed by atoms with van der Waals surface area (Å²) in [5, 5.41) is 18.3. The number of fused-ring (bicyclic) bond motifs is 1. The molecule has 2 N–H and O–H groups in total. The number of benzene rings is 2. The molecule has 33 heavy (non-hydrogen) atoms. The number of piperidine rings is 1. The summed E-state index contributed by atoms with van der Waals surface area (Å²) in [4.78, 5) is 29.9. The number of likely N-dealkylation sites (tertiary alicyclic amines) is 1. The van der Waals surface area contributed by atoms with Crippen LogP contribution in [-0.2, 0) is 0 Å². The zero-order valence-electron chi connectivity index (χ0n) is 17.7. The maximum absolute atomic E-state index is 13.6. The molecule has 2 aromatic carbocycles. The molecule has 1 amide bonds. The molecule has 0 saturated carbocycles. The van der Waals surface area contributed by atoms with Gasteiger partial charge in [-0.3, -0.25) is 9.59 Å². The largest absolute Gasteiger partial charge is 0.394 e. The first-order valence-electron chi connectivity index (χ1n) is 10.8. The minimum absolute atomic E-state index is 0.0356. The summed E-state index contributed by atoms with van der Waals surface area (Å²) in [6, 6.07) is 12.5. The number of rotatable bonds is 4. The molecule has 1 fully saturated rings. The number of aromatic nitrogens is 4. The van der Waals surface area contributed by atoms with Crippen molar-refractivity contribution in [1.82, 2.24) is 24.9 Å². The third-order valence-corrected chi connectivity index (χ3v) is 6.05. The van der Waals surface area contributed by atoms with Crippen LogP contribution in [0.3, 0.4) is 0 Å². The average Bonchev–Trinajstić information content (AvgIpc) is 3.33. The molecule has 1 aliphatic heterocycles. The van der Waals surface area contributed by atoms with Crippen LogP contribution in [0.1, 0.15) is 29.6 Å². The van der Waals surface area contributed by atoms with Crippen LogP contribution in [-0.4, -0.2) is 55.1 Å². The van der Waals surface area contributed by atoms with Gasteiger partial charge in [-0.1, -0.05) is 5.21 Å². The molecule has 1 aliphatic rings. The SMILES string of the molecule is O=C(c1ccc(-n2cc(-c3cc4cc(F)ccc4[nH]c3=O)nn2)cc1)N1CCCCC1CO. The van der Waals surface area contributed by atoms with Crippen molar-refractivity contribution in [2.24, 2.45) is 0 Å². The van der Waals surface area contributed by atoms with E-state index in [1.54, 1.807) is 41.4 Å². The molecular weight excluding hydrogens is 425 g/mol. The number of halogens is 1. The van der Waals surface area contributed by atoms with Crippen molar-refractivity contribution in [2.45, 2.75) is 25.3 Å². The lowest BCUT2D eigenvalue weighted by atomic mass is 10.0. The second-order valence-electron chi connectivity index (χ2n) is 8.17. The Morgan fingerprint density at radius 1 is 1.15 bits per heavy atom. The van der Waals surface area contributed by atoms with Gasteiger partial charge >= 0.3 is 0 Å². The van der Waals surface area contributed by atoms with Crippen LogP contribution in [0.15, 0.2) is 59.5 Å². The van der Waals surface area contributed by atoms with Gasteiger partial charge in [0.2, 0.25) is 0 Å². The van der Waals surface area contributed by atoms with Gasteiger partial charge in [0.1, 0.15) is 11.5 Å². The van der Waals surface area contributed by atoms with Crippen molar-refractivity contribution >= 4 is 16.8 Å². The fourth-order valence-corrected chi connectivity index (χ4v) is 4.26.